The van der Waals surface area contributed by atoms with Crippen LogP contribution in [0.5, 0.6) is 0 Å². The van der Waals surface area contributed by atoms with Crippen LogP contribution >= 0.6 is 0 Å². The fraction of sp³-hybridized carbons (Fsp3) is 0.500. The van der Waals surface area contributed by atoms with Crippen molar-refractivity contribution in [3.05, 3.63) is 62.8 Å². The van der Waals surface area contributed by atoms with Gasteiger partial charge < -0.3 is 10.3 Å². The van der Waals surface area contributed by atoms with Gasteiger partial charge in [-0.2, -0.15) is 0 Å². The summed E-state index contributed by atoms with van der Waals surface area (Å²) in [4.78, 5) is 34.0. The van der Waals surface area contributed by atoms with Crippen LogP contribution in [0, 0.1) is 19.8 Å². The zero-order valence-corrected chi connectivity index (χ0v) is 17.2. The van der Waals surface area contributed by atoms with Crippen molar-refractivity contribution in [1.82, 2.24) is 20.2 Å². The molecule has 0 aliphatic carbocycles. The fourth-order valence-electron chi connectivity index (χ4n) is 3.99. The van der Waals surface area contributed by atoms with E-state index in [1.165, 1.54) is 11.1 Å². The molecular weight excluding hydrogens is 352 g/mol. The monoisotopic (exact) mass is 382 g/mol. The number of nitrogens with one attached hydrogen (secondary N) is 2. The molecule has 6 nitrogen and oxygen atoms in total. The van der Waals surface area contributed by atoms with Crippen molar-refractivity contribution in [3.8, 4) is 0 Å². The summed E-state index contributed by atoms with van der Waals surface area (Å²) in [5.41, 5.74) is 3.62. The summed E-state index contributed by atoms with van der Waals surface area (Å²) in [7, 11) is 0. The van der Waals surface area contributed by atoms with Crippen molar-refractivity contribution >= 4 is 5.91 Å². The third kappa shape index (κ3) is 4.68. The molecule has 1 unspecified atom stereocenters. The van der Waals surface area contributed by atoms with E-state index >= 15 is 0 Å². The average Bonchev–Trinajstić information content (AvgIpc) is 2.64. The number of rotatable bonds is 6. The zero-order valence-electron chi connectivity index (χ0n) is 17.2. The van der Waals surface area contributed by atoms with E-state index < -0.39 is 0 Å². The summed E-state index contributed by atoms with van der Waals surface area (Å²) in [6, 6.07) is 8.83. The van der Waals surface area contributed by atoms with Crippen LogP contribution in [-0.4, -0.2) is 39.9 Å². The molecule has 0 spiro atoms. The van der Waals surface area contributed by atoms with E-state index in [0.29, 0.717) is 29.5 Å². The molecule has 0 bridgehead atoms. The van der Waals surface area contributed by atoms with E-state index in [1.807, 2.05) is 0 Å². The molecule has 0 radical (unpaired) electrons. The zero-order chi connectivity index (χ0) is 20.3. The van der Waals surface area contributed by atoms with Gasteiger partial charge in [-0.25, -0.2) is 4.98 Å². The molecule has 1 aromatic carbocycles. The first-order chi connectivity index (χ1) is 13.3. The van der Waals surface area contributed by atoms with Crippen LogP contribution in [0.3, 0.4) is 0 Å². The third-order valence-corrected chi connectivity index (χ3v) is 5.59. The number of fused-ring (bicyclic) bond motifs is 1. The van der Waals surface area contributed by atoms with E-state index in [4.69, 9.17) is 0 Å². The second kappa shape index (κ2) is 8.69. The van der Waals surface area contributed by atoms with E-state index in [2.05, 4.69) is 58.3 Å². The quantitative estimate of drug-likeness (QED) is 0.802. The minimum Gasteiger partial charge on any atom is -0.354 e. The molecule has 2 aromatic rings. The van der Waals surface area contributed by atoms with Crippen LogP contribution in [0.1, 0.15) is 42.1 Å². The Morgan fingerprint density at radius 1 is 1.25 bits per heavy atom. The van der Waals surface area contributed by atoms with Gasteiger partial charge in [0.05, 0.1) is 6.42 Å². The number of H-pyrrole nitrogens is 1. The molecule has 28 heavy (non-hydrogen) atoms. The van der Waals surface area contributed by atoms with E-state index in [9.17, 15) is 9.59 Å². The lowest BCUT2D eigenvalue weighted by Gasteiger charge is -2.38. The Hall–Kier alpha value is -2.47. The third-order valence-electron chi connectivity index (χ3n) is 5.59. The molecule has 6 heteroatoms. The number of aromatic amines is 1. The van der Waals surface area contributed by atoms with Gasteiger partial charge in [-0.3, -0.25) is 14.5 Å². The van der Waals surface area contributed by atoms with Gasteiger partial charge in [0.25, 0.3) is 5.56 Å². The fourth-order valence-corrected chi connectivity index (χ4v) is 3.99. The van der Waals surface area contributed by atoms with Gasteiger partial charge in [-0.05, 0) is 37.3 Å². The Balaban J connectivity index is 1.63. The number of carbonyl (C=O) groups is 1. The Bertz CT molecular complexity index is 904. The van der Waals surface area contributed by atoms with Crippen molar-refractivity contribution in [2.45, 2.75) is 53.1 Å². The van der Waals surface area contributed by atoms with E-state index in [1.54, 1.807) is 13.8 Å². The molecule has 1 aromatic heterocycles. The maximum Gasteiger partial charge on any atom is 0.254 e. The molecule has 1 aliphatic heterocycles. The van der Waals surface area contributed by atoms with Gasteiger partial charge >= 0.3 is 0 Å². The second-order valence-electron chi connectivity index (χ2n) is 8.00. The topological polar surface area (TPSA) is 78.1 Å². The molecule has 150 valence electrons. The molecule has 0 fully saturated rings. The number of carbonyl (C=O) groups excluding carboxylic acids is 1. The Morgan fingerprint density at radius 3 is 2.64 bits per heavy atom. The van der Waals surface area contributed by atoms with Gasteiger partial charge in [-0.15, -0.1) is 0 Å². The predicted octanol–water partition coefficient (Wildman–Crippen LogP) is 2.13. The summed E-state index contributed by atoms with van der Waals surface area (Å²) in [6.45, 7) is 10.4. The van der Waals surface area contributed by atoms with Crippen LogP contribution in [0.15, 0.2) is 29.1 Å². The van der Waals surface area contributed by atoms with Crippen LogP contribution in [-0.2, 0) is 24.2 Å². The largest absolute Gasteiger partial charge is 0.354 e. The summed E-state index contributed by atoms with van der Waals surface area (Å²) in [5, 5.41) is 3.04. The summed E-state index contributed by atoms with van der Waals surface area (Å²) >= 11 is 0. The highest BCUT2D eigenvalue weighted by Gasteiger charge is 2.26. The van der Waals surface area contributed by atoms with Crippen molar-refractivity contribution in [2.75, 3.05) is 13.1 Å². The predicted molar refractivity (Wildman–Crippen MR) is 110 cm³/mol. The Kier molecular flexibility index (Phi) is 6.29. The minimum atomic E-state index is -0.229. The normalized spacial score (nSPS) is 15.3. The smallest absolute Gasteiger partial charge is 0.254 e. The number of aryl methyl sites for hydroxylation is 2. The SMILES string of the molecule is Cc1nc(C)c(CC(=O)NCC(C(C)C)N2CCc3ccccc3C2)c(=O)[nH]1. The van der Waals surface area contributed by atoms with E-state index in [-0.39, 0.29) is 23.9 Å². The molecule has 3 rings (SSSR count). The number of amides is 1. The van der Waals surface area contributed by atoms with Gasteiger partial charge in [0.1, 0.15) is 5.82 Å². The first-order valence-corrected chi connectivity index (χ1v) is 9.99. The molecule has 1 aliphatic rings. The molecule has 0 saturated carbocycles. The lowest BCUT2D eigenvalue weighted by Crippen LogP contribution is -2.49. The number of hydrogen-bond donors (Lipinski definition) is 2. The van der Waals surface area contributed by atoms with Crippen LogP contribution in [0.4, 0.5) is 0 Å². The van der Waals surface area contributed by atoms with E-state index in [0.717, 1.165) is 19.5 Å². The Morgan fingerprint density at radius 2 is 1.96 bits per heavy atom. The minimum absolute atomic E-state index is 0.0576. The molecule has 0 saturated heterocycles. The van der Waals surface area contributed by atoms with Gasteiger partial charge in [0, 0.05) is 36.9 Å². The standard InChI is InChI=1S/C22H30N4O2/c1-14(2)20(26-10-9-17-7-5-6-8-18(17)13-26)12-23-21(27)11-19-15(3)24-16(4)25-22(19)28/h5-8,14,20H,9-13H2,1-4H3,(H,23,27)(H,24,25,28). The Labute approximate surface area is 166 Å². The second-order valence-corrected chi connectivity index (χ2v) is 8.00. The number of nitrogens with zero attached hydrogens (tertiary/aromatic N) is 2. The number of aromatic nitrogens is 2. The van der Waals surface area contributed by atoms with Crippen molar-refractivity contribution in [1.29, 1.82) is 0 Å². The molecule has 2 N–H and O–H groups in total. The number of hydrogen-bond acceptors (Lipinski definition) is 4. The molecular formula is C22H30N4O2. The molecule has 1 atom stereocenters. The highest BCUT2D eigenvalue weighted by Crippen LogP contribution is 2.22. The van der Waals surface area contributed by atoms with Crippen LogP contribution in [0.2, 0.25) is 0 Å². The highest BCUT2D eigenvalue weighted by molar-refractivity contribution is 5.78. The van der Waals surface area contributed by atoms with Crippen molar-refractivity contribution in [2.24, 2.45) is 5.92 Å². The van der Waals surface area contributed by atoms with Crippen molar-refractivity contribution in [3.63, 3.8) is 0 Å². The highest BCUT2D eigenvalue weighted by atomic mass is 16.2. The lowest BCUT2D eigenvalue weighted by atomic mass is 9.95. The first kappa shape index (κ1) is 20.3. The number of benzene rings is 1. The summed E-state index contributed by atoms with van der Waals surface area (Å²) in [5.74, 6) is 0.843. The molecule has 1 amide bonds. The first-order valence-electron chi connectivity index (χ1n) is 9.99. The summed E-state index contributed by atoms with van der Waals surface area (Å²) < 4.78 is 0. The summed E-state index contributed by atoms with van der Waals surface area (Å²) in [6.07, 6.45) is 1.10. The van der Waals surface area contributed by atoms with Crippen LogP contribution in [0.25, 0.3) is 0 Å². The maximum atomic E-state index is 12.5. The van der Waals surface area contributed by atoms with Gasteiger partial charge in [0.2, 0.25) is 5.91 Å². The van der Waals surface area contributed by atoms with Crippen molar-refractivity contribution < 1.29 is 4.79 Å². The van der Waals surface area contributed by atoms with Gasteiger partial charge in [-0.1, -0.05) is 38.1 Å². The van der Waals surface area contributed by atoms with Gasteiger partial charge in [0.15, 0.2) is 0 Å². The average molecular weight is 383 g/mol. The van der Waals surface area contributed by atoms with Crippen LogP contribution < -0.4 is 10.9 Å². The maximum absolute atomic E-state index is 12.5. The molecule has 2 heterocycles. The lowest BCUT2D eigenvalue weighted by molar-refractivity contribution is -0.120.